The number of aryl methyl sites for hydroxylation is 1. The van der Waals surface area contributed by atoms with Crippen LogP contribution in [0, 0.1) is 6.92 Å². The minimum absolute atomic E-state index is 0.0778. The molecule has 0 bridgehead atoms. The standard InChI is InChI=1S/C21H26N4O3/c1-16-2-6-18(7-3-16)23-21(28)25-13-11-24(12-14-25)19-8-4-17(5-9-19)20(27)22-10-15-26/h2-9,26H,10-15H2,1H3,(H,22,27)(H,23,28). The number of anilines is 2. The first-order valence-electron chi connectivity index (χ1n) is 9.43. The fourth-order valence-electron chi connectivity index (χ4n) is 3.10. The maximum absolute atomic E-state index is 12.4. The summed E-state index contributed by atoms with van der Waals surface area (Å²) in [6.45, 7) is 4.92. The molecule has 3 N–H and O–H groups in total. The van der Waals surface area contributed by atoms with Crippen molar-refractivity contribution in [2.45, 2.75) is 6.92 Å². The Morgan fingerprint density at radius 3 is 2.21 bits per heavy atom. The Hall–Kier alpha value is -3.06. The number of aliphatic hydroxyl groups is 1. The van der Waals surface area contributed by atoms with Crippen LogP contribution < -0.4 is 15.5 Å². The summed E-state index contributed by atoms with van der Waals surface area (Å²) in [5, 5.41) is 14.3. The van der Waals surface area contributed by atoms with Crippen molar-refractivity contribution in [2.75, 3.05) is 49.5 Å². The van der Waals surface area contributed by atoms with Gasteiger partial charge in [-0.25, -0.2) is 4.79 Å². The molecular formula is C21H26N4O3. The van der Waals surface area contributed by atoms with E-state index < -0.39 is 0 Å². The van der Waals surface area contributed by atoms with Gasteiger partial charge in [-0.1, -0.05) is 17.7 Å². The number of aliphatic hydroxyl groups excluding tert-OH is 1. The van der Waals surface area contributed by atoms with Gasteiger partial charge in [0.2, 0.25) is 0 Å². The second-order valence-corrected chi connectivity index (χ2v) is 6.80. The molecule has 0 radical (unpaired) electrons. The summed E-state index contributed by atoms with van der Waals surface area (Å²) in [6, 6.07) is 15.0. The molecule has 1 fully saturated rings. The van der Waals surface area contributed by atoms with Crippen LogP contribution in [0.25, 0.3) is 0 Å². The number of amides is 3. The molecule has 1 aliphatic rings. The SMILES string of the molecule is Cc1ccc(NC(=O)N2CCN(c3ccc(C(=O)NCCO)cc3)CC2)cc1. The third-order valence-corrected chi connectivity index (χ3v) is 4.76. The van der Waals surface area contributed by atoms with E-state index in [4.69, 9.17) is 5.11 Å². The van der Waals surface area contributed by atoms with E-state index >= 15 is 0 Å². The topological polar surface area (TPSA) is 84.9 Å². The number of hydrogen-bond donors (Lipinski definition) is 3. The van der Waals surface area contributed by atoms with Crippen molar-refractivity contribution in [3.8, 4) is 0 Å². The van der Waals surface area contributed by atoms with Crippen LogP contribution in [0.2, 0.25) is 0 Å². The highest BCUT2D eigenvalue weighted by molar-refractivity contribution is 5.94. The number of carbonyl (C=O) groups is 2. The van der Waals surface area contributed by atoms with Crippen LogP contribution in [0.15, 0.2) is 48.5 Å². The Balaban J connectivity index is 1.51. The summed E-state index contributed by atoms with van der Waals surface area (Å²) >= 11 is 0. The van der Waals surface area contributed by atoms with Gasteiger partial charge < -0.3 is 25.5 Å². The van der Waals surface area contributed by atoms with Crippen molar-refractivity contribution < 1.29 is 14.7 Å². The quantitative estimate of drug-likeness (QED) is 0.739. The Morgan fingerprint density at radius 1 is 0.964 bits per heavy atom. The lowest BCUT2D eigenvalue weighted by Crippen LogP contribution is -2.50. The molecule has 148 valence electrons. The predicted molar refractivity (Wildman–Crippen MR) is 110 cm³/mol. The summed E-state index contributed by atoms with van der Waals surface area (Å²) in [4.78, 5) is 28.3. The van der Waals surface area contributed by atoms with E-state index in [1.54, 1.807) is 12.1 Å². The number of benzene rings is 2. The molecule has 2 aromatic carbocycles. The number of rotatable bonds is 5. The Kier molecular flexibility index (Phi) is 6.49. The van der Waals surface area contributed by atoms with Crippen molar-refractivity contribution in [3.63, 3.8) is 0 Å². The molecule has 0 aromatic heterocycles. The number of piperazine rings is 1. The normalized spacial score (nSPS) is 13.9. The van der Waals surface area contributed by atoms with Crippen LogP contribution in [0.3, 0.4) is 0 Å². The van der Waals surface area contributed by atoms with E-state index in [0.29, 0.717) is 18.7 Å². The van der Waals surface area contributed by atoms with Gasteiger partial charge in [0, 0.05) is 49.7 Å². The highest BCUT2D eigenvalue weighted by atomic mass is 16.3. The lowest BCUT2D eigenvalue weighted by Gasteiger charge is -2.36. The average Bonchev–Trinajstić information content (AvgIpc) is 2.74. The molecule has 7 heteroatoms. The van der Waals surface area contributed by atoms with Crippen LogP contribution >= 0.6 is 0 Å². The molecule has 1 heterocycles. The first-order valence-corrected chi connectivity index (χ1v) is 9.43. The zero-order chi connectivity index (χ0) is 19.9. The van der Waals surface area contributed by atoms with Gasteiger partial charge in [0.05, 0.1) is 6.61 Å². The second-order valence-electron chi connectivity index (χ2n) is 6.80. The molecule has 0 aliphatic carbocycles. The van der Waals surface area contributed by atoms with Crippen molar-refractivity contribution >= 4 is 23.3 Å². The van der Waals surface area contributed by atoms with Gasteiger partial charge in [-0.15, -0.1) is 0 Å². The fraction of sp³-hybridized carbons (Fsp3) is 0.333. The van der Waals surface area contributed by atoms with E-state index in [1.165, 1.54) is 0 Å². The molecule has 1 aliphatic heterocycles. The lowest BCUT2D eigenvalue weighted by atomic mass is 10.1. The zero-order valence-electron chi connectivity index (χ0n) is 16.0. The molecule has 2 aromatic rings. The number of nitrogens with zero attached hydrogens (tertiary/aromatic N) is 2. The second kappa shape index (κ2) is 9.23. The monoisotopic (exact) mass is 382 g/mol. The van der Waals surface area contributed by atoms with E-state index in [-0.39, 0.29) is 25.1 Å². The zero-order valence-corrected chi connectivity index (χ0v) is 16.0. The predicted octanol–water partition coefficient (Wildman–Crippen LogP) is 2.07. The molecule has 0 atom stereocenters. The van der Waals surface area contributed by atoms with E-state index in [1.807, 2.05) is 48.2 Å². The van der Waals surface area contributed by atoms with Gasteiger partial charge in [0.15, 0.2) is 0 Å². The molecule has 3 amide bonds. The van der Waals surface area contributed by atoms with Gasteiger partial charge in [-0.05, 0) is 43.3 Å². The maximum Gasteiger partial charge on any atom is 0.321 e. The minimum Gasteiger partial charge on any atom is -0.395 e. The van der Waals surface area contributed by atoms with Crippen molar-refractivity contribution in [3.05, 3.63) is 59.7 Å². The maximum atomic E-state index is 12.4. The molecule has 1 saturated heterocycles. The molecular weight excluding hydrogens is 356 g/mol. The van der Waals surface area contributed by atoms with Crippen molar-refractivity contribution in [1.29, 1.82) is 0 Å². The Bertz CT molecular complexity index is 797. The summed E-state index contributed by atoms with van der Waals surface area (Å²) in [6.07, 6.45) is 0. The third kappa shape index (κ3) is 5.01. The smallest absolute Gasteiger partial charge is 0.321 e. The van der Waals surface area contributed by atoms with E-state index in [0.717, 1.165) is 30.0 Å². The molecule has 0 saturated carbocycles. The van der Waals surface area contributed by atoms with Gasteiger partial charge in [-0.2, -0.15) is 0 Å². The molecule has 28 heavy (non-hydrogen) atoms. The lowest BCUT2D eigenvalue weighted by molar-refractivity contribution is 0.0944. The van der Waals surface area contributed by atoms with Crippen LogP contribution in [0.4, 0.5) is 16.2 Å². The van der Waals surface area contributed by atoms with Gasteiger partial charge in [-0.3, -0.25) is 4.79 Å². The first kappa shape index (κ1) is 19.7. The van der Waals surface area contributed by atoms with E-state index in [2.05, 4.69) is 15.5 Å². The highest BCUT2D eigenvalue weighted by Gasteiger charge is 2.21. The van der Waals surface area contributed by atoms with E-state index in [9.17, 15) is 9.59 Å². The summed E-state index contributed by atoms with van der Waals surface area (Å²) in [7, 11) is 0. The molecule has 0 spiro atoms. The van der Waals surface area contributed by atoms with Crippen molar-refractivity contribution in [1.82, 2.24) is 10.2 Å². The minimum atomic E-state index is -0.196. The molecule has 0 unspecified atom stereocenters. The molecule has 7 nitrogen and oxygen atoms in total. The van der Waals surface area contributed by atoms with Crippen LogP contribution in [0.1, 0.15) is 15.9 Å². The summed E-state index contributed by atoms with van der Waals surface area (Å²) in [5.41, 5.74) is 3.54. The largest absolute Gasteiger partial charge is 0.395 e. The number of urea groups is 1. The van der Waals surface area contributed by atoms with Gasteiger partial charge >= 0.3 is 6.03 Å². The highest BCUT2D eigenvalue weighted by Crippen LogP contribution is 2.18. The molecule has 3 rings (SSSR count). The summed E-state index contributed by atoms with van der Waals surface area (Å²) < 4.78 is 0. The number of carbonyl (C=O) groups excluding carboxylic acids is 2. The van der Waals surface area contributed by atoms with Gasteiger partial charge in [0.25, 0.3) is 5.91 Å². The Morgan fingerprint density at radius 2 is 1.61 bits per heavy atom. The first-order chi connectivity index (χ1) is 13.6. The summed E-state index contributed by atoms with van der Waals surface area (Å²) in [5.74, 6) is -0.196. The number of nitrogens with one attached hydrogen (secondary N) is 2. The fourth-order valence-corrected chi connectivity index (χ4v) is 3.10. The van der Waals surface area contributed by atoms with Gasteiger partial charge in [0.1, 0.15) is 0 Å². The van der Waals surface area contributed by atoms with Crippen molar-refractivity contribution in [2.24, 2.45) is 0 Å². The van der Waals surface area contributed by atoms with Crippen LogP contribution in [-0.4, -0.2) is 61.3 Å². The number of hydrogen-bond acceptors (Lipinski definition) is 4. The average molecular weight is 382 g/mol. The Labute approximate surface area is 165 Å². The third-order valence-electron chi connectivity index (χ3n) is 4.76. The van der Waals surface area contributed by atoms with Crippen LogP contribution in [-0.2, 0) is 0 Å². The van der Waals surface area contributed by atoms with Crippen LogP contribution in [0.5, 0.6) is 0 Å².